The highest BCUT2D eigenvalue weighted by atomic mass is 32.2. The summed E-state index contributed by atoms with van der Waals surface area (Å²) in [5, 5.41) is 3.05. The molecule has 1 amide bonds. The molecule has 1 unspecified atom stereocenters. The van der Waals surface area contributed by atoms with Crippen LogP contribution in [0.2, 0.25) is 0 Å². The summed E-state index contributed by atoms with van der Waals surface area (Å²) in [5.74, 6) is 2.36. The lowest BCUT2D eigenvalue weighted by molar-refractivity contribution is -0.119. The smallest absolute Gasteiger partial charge is 0.230 e. The van der Waals surface area contributed by atoms with E-state index in [1.165, 1.54) is 12.8 Å². The number of carbonyl (C=O) groups is 1. The number of nitrogens with zero attached hydrogens (tertiary/aromatic N) is 1. The van der Waals surface area contributed by atoms with E-state index in [0.29, 0.717) is 18.2 Å². The molecule has 1 aliphatic carbocycles. The van der Waals surface area contributed by atoms with E-state index in [0.717, 1.165) is 25.4 Å². The van der Waals surface area contributed by atoms with Gasteiger partial charge in [-0.15, -0.1) is 0 Å². The van der Waals surface area contributed by atoms with E-state index in [9.17, 15) is 4.79 Å². The zero-order chi connectivity index (χ0) is 13.4. The zero-order valence-electron chi connectivity index (χ0n) is 11.7. The molecule has 0 bridgehead atoms. The number of amides is 1. The van der Waals surface area contributed by atoms with Gasteiger partial charge in [-0.1, -0.05) is 13.8 Å². The molecule has 0 aromatic rings. The van der Waals surface area contributed by atoms with Crippen LogP contribution < -0.4 is 11.1 Å². The summed E-state index contributed by atoms with van der Waals surface area (Å²) in [7, 11) is 0. The van der Waals surface area contributed by atoms with Crippen LogP contribution in [0.1, 0.15) is 26.7 Å². The molecule has 18 heavy (non-hydrogen) atoms. The third-order valence-electron chi connectivity index (χ3n) is 3.47. The first-order valence-corrected chi connectivity index (χ1v) is 8.16. The maximum atomic E-state index is 11.7. The zero-order valence-corrected chi connectivity index (χ0v) is 12.5. The molecule has 0 saturated heterocycles. The van der Waals surface area contributed by atoms with E-state index in [1.807, 2.05) is 0 Å². The van der Waals surface area contributed by atoms with Crippen molar-refractivity contribution in [3.05, 3.63) is 0 Å². The number of nitrogens with two attached hydrogens (primary N) is 1. The van der Waals surface area contributed by atoms with Gasteiger partial charge in [0, 0.05) is 24.9 Å². The minimum Gasteiger partial charge on any atom is -0.351 e. The standard InChI is InChI=1S/C13H27N3OS/c1-3-16(4-2)7-8-18-10-13(17)15-12(9-14)11-5-6-11/h11-12H,3-10,14H2,1-2H3,(H,15,17). The Labute approximate surface area is 115 Å². The number of thioether (sulfide) groups is 1. The monoisotopic (exact) mass is 273 g/mol. The summed E-state index contributed by atoms with van der Waals surface area (Å²) in [6.07, 6.45) is 2.44. The lowest BCUT2D eigenvalue weighted by Crippen LogP contribution is -2.42. The van der Waals surface area contributed by atoms with Gasteiger partial charge in [-0.25, -0.2) is 0 Å². The molecule has 0 aliphatic heterocycles. The van der Waals surface area contributed by atoms with Crippen molar-refractivity contribution in [2.24, 2.45) is 11.7 Å². The minimum absolute atomic E-state index is 0.141. The molecule has 0 radical (unpaired) electrons. The second-order valence-corrected chi connectivity index (χ2v) is 5.93. The fourth-order valence-electron chi connectivity index (χ4n) is 2.01. The number of rotatable bonds is 10. The van der Waals surface area contributed by atoms with Crippen LogP contribution in [-0.4, -0.2) is 54.5 Å². The highest BCUT2D eigenvalue weighted by Gasteiger charge is 2.30. The third kappa shape index (κ3) is 6.07. The Morgan fingerprint density at radius 1 is 1.44 bits per heavy atom. The average Bonchev–Trinajstić information content (AvgIpc) is 3.20. The van der Waals surface area contributed by atoms with Crippen LogP contribution in [0, 0.1) is 5.92 Å². The molecule has 1 saturated carbocycles. The van der Waals surface area contributed by atoms with Crippen LogP contribution in [-0.2, 0) is 4.79 Å². The average molecular weight is 273 g/mol. The summed E-state index contributed by atoms with van der Waals surface area (Å²) in [4.78, 5) is 14.1. The molecule has 0 aromatic carbocycles. The number of carbonyl (C=O) groups excluding carboxylic acids is 1. The lowest BCUT2D eigenvalue weighted by Gasteiger charge is -2.18. The number of hydrogen-bond acceptors (Lipinski definition) is 4. The molecule has 5 heteroatoms. The summed E-state index contributed by atoms with van der Waals surface area (Å²) >= 11 is 1.71. The lowest BCUT2D eigenvalue weighted by atomic mass is 10.2. The molecule has 1 atom stereocenters. The molecular weight excluding hydrogens is 246 g/mol. The normalized spacial score (nSPS) is 16.9. The first kappa shape index (κ1) is 15.8. The maximum absolute atomic E-state index is 11.7. The summed E-state index contributed by atoms with van der Waals surface area (Å²) in [6.45, 7) is 8.14. The van der Waals surface area contributed by atoms with Gasteiger partial charge in [-0.3, -0.25) is 4.79 Å². The summed E-state index contributed by atoms with van der Waals surface area (Å²) in [5.41, 5.74) is 5.66. The summed E-state index contributed by atoms with van der Waals surface area (Å²) in [6, 6.07) is 0.209. The minimum atomic E-state index is 0.141. The molecule has 1 fully saturated rings. The Kier molecular flexibility index (Phi) is 7.70. The second kappa shape index (κ2) is 8.77. The van der Waals surface area contributed by atoms with Gasteiger partial charge in [-0.05, 0) is 31.8 Å². The molecule has 3 N–H and O–H groups in total. The first-order chi connectivity index (χ1) is 8.71. The van der Waals surface area contributed by atoms with Crippen LogP contribution in [0.15, 0.2) is 0 Å². The van der Waals surface area contributed by atoms with Crippen LogP contribution in [0.5, 0.6) is 0 Å². The molecular formula is C13H27N3OS. The Hall–Kier alpha value is -0.260. The highest BCUT2D eigenvalue weighted by Crippen LogP contribution is 2.32. The van der Waals surface area contributed by atoms with Crippen LogP contribution in [0.25, 0.3) is 0 Å². The van der Waals surface area contributed by atoms with E-state index >= 15 is 0 Å². The van der Waals surface area contributed by atoms with E-state index < -0.39 is 0 Å². The SMILES string of the molecule is CCN(CC)CCSCC(=O)NC(CN)C1CC1. The Balaban J connectivity index is 2.05. The van der Waals surface area contributed by atoms with Crippen molar-refractivity contribution in [2.75, 3.05) is 37.7 Å². The second-order valence-electron chi connectivity index (χ2n) is 4.83. The van der Waals surface area contributed by atoms with Gasteiger partial charge < -0.3 is 16.0 Å². The largest absolute Gasteiger partial charge is 0.351 e. The molecule has 1 rings (SSSR count). The van der Waals surface area contributed by atoms with Crippen molar-refractivity contribution in [1.29, 1.82) is 0 Å². The van der Waals surface area contributed by atoms with Gasteiger partial charge in [0.1, 0.15) is 0 Å². The molecule has 0 spiro atoms. The van der Waals surface area contributed by atoms with Gasteiger partial charge >= 0.3 is 0 Å². The van der Waals surface area contributed by atoms with E-state index in [2.05, 4.69) is 24.1 Å². The molecule has 1 aliphatic rings. The van der Waals surface area contributed by atoms with Gasteiger partial charge in [0.2, 0.25) is 5.91 Å². The van der Waals surface area contributed by atoms with Crippen LogP contribution >= 0.6 is 11.8 Å². The Morgan fingerprint density at radius 3 is 2.61 bits per heavy atom. The molecule has 4 nitrogen and oxygen atoms in total. The fraction of sp³-hybridized carbons (Fsp3) is 0.923. The maximum Gasteiger partial charge on any atom is 0.230 e. The van der Waals surface area contributed by atoms with Crippen molar-refractivity contribution in [3.63, 3.8) is 0 Å². The predicted molar refractivity (Wildman–Crippen MR) is 78.8 cm³/mol. The molecule has 0 aromatic heterocycles. The highest BCUT2D eigenvalue weighted by molar-refractivity contribution is 7.99. The van der Waals surface area contributed by atoms with Crippen molar-refractivity contribution in [1.82, 2.24) is 10.2 Å². The van der Waals surface area contributed by atoms with Gasteiger partial charge in [0.15, 0.2) is 0 Å². The van der Waals surface area contributed by atoms with Crippen molar-refractivity contribution < 1.29 is 4.79 Å². The predicted octanol–water partition coefficient (Wildman–Crippen LogP) is 0.915. The number of hydrogen-bond donors (Lipinski definition) is 2. The third-order valence-corrected chi connectivity index (χ3v) is 4.41. The van der Waals surface area contributed by atoms with Crippen molar-refractivity contribution >= 4 is 17.7 Å². The topological polar surface area (TPSA) is 58.4 Å². The van der Waals surface area contributed by atoms with Crippen LogP contribution in [0.3, 0.4) is 0 Å². The number of nitrogens with one attached hydrogen (secondary N) is 1. The molecule has 0 heterocycles. The van der Waals surface area contributed by atoms with Crippen LogP contribution in [0.4, 0.5) is 0 Å². The van der Waals surface area contributed by atoms with E-state index in [1.54, 1.807) is 11.8 Å². The Morgan fingerprint density at radius 2 is 2.11 bits per heavy atom. The Bertz CT molecular complexity index is 242. The van der Waals surface area contributed by atoms with Gasteiger partial charge in [0.05, 0.1) is 5.75 Å². The summed E-state index contributed by atoms with van der Waals surface area (Å²) < 4.78 is 0. The van der Waals surface area contributed by atoms with Crippen molar-refractivity contribution in [3.8, 4) is 0 Å². The van der Waals surface area contributed by atoms with Gasteiger partial charge in [0.25, 0.3) is 0 Å². The first-order valence-electron chi connectivity index (χ1n) is 7.00. The van der Waals surface area contributed by atoms with E-state index in [4.69, 9.17) is 5.73 Å². The van der Waals surface area contributed by atoms with E-state index in [-0.39, 0.29) is 11.9 Å². The quantitative estimate of drug-likeness (QED) is 0.581. The van der Waals surface area contributed by atoms with Gasteiger partial charge in [-0.2, -0.15) is 11.8 Å². The fourth-order valence-corrected chi connectivity index (χ4v) is 2.81. The molecule has 106 valence electrons. The van der Waals surface area contributed by atoms with Crippen molar-refractivity contribution in [2.45, 2.75) is 32.7 Å².